The number of carbonyl (C=O) groups excluding carboxylic acids is 1. The van der Waals surface area contributed by atoms with Crippen molar-refractivity contribution < 1.29 is 27.8 Å². The first-order valence-electron chi connectivity index (χ1n) is 10.7. The SMILES string of the molecule is O=C(NCC(O)C1CC1)c1ccc(N2CCC(Oc3ccccc3C(F)(F)F)CC2)nn1. The van der Waals surface area contributed by atoms with E-state index >= 15 is 0 Å². The lowest BCUT2D eigenvalue weighted by Crippen LogP contribution is -2.39. The van der Waals surface area contributed by atoms with Gasteiger partial charge in [0.15, 0.2) is 11.5 Å². The second-order valence-electron chi connectivity index (χ2n) is 8.19. The number of hydrogen-bond acceptors (Lipinski definition) is 6. The molecular formula is C22H25F3N4O3. The van der Waals surface area contributed by atoms with E-state index in [4.69, 9.17) is 4.74 Å². The summed E-state index contributed by atoms with van der Waals surface area (Å²) in [5.74, 6) is 0.325. The number of nitrogens with zero attached hydrogens (tertiary/aromatic N) is 3. The summed E-state index contributed by atoms with van der Waals surface area (Å²) in [5, 5.41) is 20.6. The van der Waals surface area contributed by atoms with Crippen molar-refractivity contribution in [1.29, 1.82) is 0 Å². The number of para-hydroxylation sites is 1. The highest BCUT2D eigenvalue weighted by atomic mass is 19.4. The van der Waals surface area contributed by atoms with Crippen molar-refractivity contribution in [1.82, 2.24) is 15.5 Å². The third-order valence-corrected chi connectivity index (χ3v) is 5.77. The smallest absolute Gasteiger partial charge is 0.419 e. The van der Waals surface area contributed by atoms with Crippen molar-refractivity contribution >= 4 is 11.7 Å². The summed E-state index contributed by atoms with van der Waals surface area (Å²) in [6, 6.07) is 8.50. The molecule has 2 aliphatic rings. The molecule has 1 aromatic carbocycles. The highest BCUT2D eigenvalue weighted by Gasteiger charge is 2.35. The number of aliphatic hydroxyl groups is 1. The van der Waals surface area contributed by atoms with Gasteiger partial charge >= 0.3 is 6.18 Å². The van der Waals surface area contributed by atoms with Gasteiger partial charge in [-0.3, -0.25) is 4.79 Å². The minimum Gasteiger partial charge on any atom is -0.490 e. The number of hydrogen-bond donors (Lipinski definition) is 2. The molecule has 2 aromatic rings. The molecule has 1 aliphatic heterocycles. The van der Waals surface area contributed by atoms with E-state index in [1.807, 2.05) is 4.90 Å². The number of halogens is 3. The van der Waals surface area contributed by atoms with Crippen molar-refractivity contribution in [2.45, 2.75) is 44.1 Å². The van der Waals surface area contributed by atoms with Crippen LogP contribution in [0.2, 0.25) is 0 Å². The Bertz CT molecular complexity index is 927. The Morgan fingerprint density at radius 2 is 1.84 bits per heavy atom. The number of rotatable bonds is 7. The molecule has 2 fully saturated rings. The van der Waals surface area contributed by atoms with Crippen LogP contribution in [-0.2, 0) is 6.18 Å². The number of alkyl halides is 3. The number of aromatic nitrogens is 2. The highest BCUT2D eigenvalue weighted by Crippen LogP contribution is 2.37. The lowest BCUT2D eigenvalue weighted by molar-refractivity contribution is -0.139. The average Bonchev–Trinajstić information content (AvgIpc) is 3.63. The van der Waals surface area contributed by atoms with Crippen LogP contribution in [0.5, 0.6) is 5.75 Å². The predicted molar refractivity (Wildman–Crippen MR) is 110 cm³/mol. The maximum Gasteiger partial charge on any atom is 0.419 e. The van der Waals surface area contributed by atoms with Gasteiger partial charge in [-0.05, 0) is 43.0 Å². The van der Waals surface area contributed by atoms with E-state index in [-0.39, 0.29) is 35.9 Å². The zero-order valence-electron chi connectivity index (χ0n) is 17.4. The molecule has 10 heteroatoms. The van der Waals surface area contributed by atoms with E-state index in [1.54, 1.807) is 12.1 Å². The van der Waals surface area contributed by atoms with Crippen LogP contribution in [0.3, 0.4) is 0 Å². The molecule has 1 saturated carbocycles. The Hall–Kier alpha value is -2.88. The quantitative estimate of drug-likeness (QED) is 0.674. The zero-order valence-corrected chi connectivity index (χ0v) is 17.4. The molecule has 2 N–H and O–H groups in total. The third-order valence-electron chi connectivity index (χ3n) is 5.77. The van der Waals surface area contributed by atoms with Crippen molar-refractivity contribution in [3.05, 3.63) is 47.7 Å². The number of anilines is 1. The average molecular weight is 450 g/mol. The number of benzene rings is 1. The van der Waals surface area contributed by atoms with Gasteiger partial charge in [0.2, 0.25) is 0 Å². The normalized spacial score (nSPS) is 18.3. The largest absolute Gasteiger partial charge is 0.490 e. The van der Waals surface area contributed by atoms with Gasteiger partial charge in [-0.15, -0.1) is 10.2 Å². The zero-order chi connectivity index (χ0) is 22.7. The number of amides is 1. The second-order valence-corrected chi connectivity index (χ2v) is 8.19. The molecule has 172 valence electrons. The van der Waals surface area contributed by atoms with Crippen LogP contribution in [-0.4, -0.2) is 53.1 Å². The summed E-state index contributed by atoms with van der Waals surface area (Å²) in [4.78, 5) is 14.1. The fourth-order valence-electron chi connectivity index (χ4n) is 3.74. The van der Waals surface area contributed by atoms with Gasteiger partial charge in [-0.25, -0.2) is 0 Å². The van der Waals surface area contributed by atoms with Crippen LogP contribution in [0.4, 0.5) is 19.0 Å². The molecule has 4 rings (SSSR count). The van der Waals surface area contributed by atoms with Crippen LogP contribution < -0.4 is 15.0 Å². The van der Waals surface area contributed by atoms with Gasteiger partial charge < -0.3 is 20.1 Å². The van der Waals surface area contributed by atoms with Gasteiger partial charge in [-0.1, -0.05) is 12.1 Å². The maximum atomic E-state index is 13.2. The number of ether oxygens (including phenoxy) is 1. The third kappa shape index (κ3) is 5.48. The van der Waals surface area contributed by atoms with Crippen molar-refractivity contribution in [3.8, 4) is 5.75 Å². The number of nitrogens with one attached hydrogen (secondary N) is 1. The standard InChI is InChI=1S/C22H25F3N4O3/c23-22(24,25)16-3-1-2-4-19(16)32-15-9-11-29(12-10-15)20-8-7-17(27-28-20)21(31)26-13-18(30)14-5-6-14/h1-4,7-8,14-15,18,30H,5-6,9-13H2,(H,26,31). The first-order valence-corrected chi connectivity index (χ1v) is 10.7. The van der Waals surface area contributed by atoms with E-state index in [0.717, 1.165) is 18.9 Å². The maximum absolute atomic E-state index is 13.2. The molecule has 2 heterocycles. The summed E-state index contributed by atoms with van der Waals surface area (Å²) in [6.07, 6.45) is -2.27. The molecule has 1 saturated heterocycles. The van der Waals surface area contributed by atoms with Gasteiger partial charge in [-0.2, -0.15) is 13.2 Å². The topological polar surface area (TPSA) is 87.6 Å². The number of aliphatic hydroxyl groups excluding tert-OH is 1. The minimum atomic E-state index is -4.46. The Balaban J connectivity index is 1.28. The molecule has 0 bridgehead atoms. The van der Waals surface area contributed by atoms with Crippen molar-refractivity contribution in [2.75, 3.05) is 24.5 Å². The molecule has 1 aromatic heterocycles. The van der Waals surface area contributed by atoms with Crippen molar-refractivity contribution in [3.63, 3.8) is 0 Å². The summed E-state index contributed by atoms with van der Waals surface area (Å²) in [7, 11) is 0. The fraction of sp³-hybridized carbons (Fsp3) is 0.500. The first kappa shape index (κ1) is 22.3. The lowest BCUT2D eigenvalue weighted by Gasteiger charge is -2.33. The molecule has 7 nitrogen and oxygen atoms in total. The number of carbonyl (C=O) groups is 1. The molecule has 32 heavy (non-hydrogen) atoms. The van der Waals surface area contributed by atoms with E-state index < -0.39 is 17.8 Å². The molecule has 0 spiro atoms. The van der Waals surface area contributed by atoms with Crippen LogP contribution in [0, 0.1) is 5.92 Å². The summed E-state index contributed by atoms with van der Waals surface area (Å²) < 4.78 is 45.1. The summed E-state index contributed by atoms with van der Waals surface area (Å²) in [5.41, 5.74) is -0.606. The molecule has 0 radical (unpaired) electrons. The van der Waals surface area contributed by atoms with Crippen LogP contribution >= 0.6 is 0 Å². The lowest BCUT2D eigenvalue weighted by atomic mass is 10.1. The Morgan fingerprint density at radius 3 is 2.47 bits per heavy atom. The van der Waals surface area contributed by atoms with E-state index in [9.17, 15) is 23.1 Å². The molecule has 1 atom stereocenters. The molecule has 1 amide bonds. The van der Waals surface area contributed by atoms with Gasteiger partial charge in [0, 0.05) is 32.5 Å². The Kier molecular flexibility index (Phi) is 6.50. The van der Waals surface area contributed by atoms with Crippen molar-refractivity contribution in [2.24, 2.45) is 5.92 Å². The highest BCUT2D eigenvalue weighted by molar-refractivity contribution is 5.92. The summed E-state index contributed by atoms with van der Waals surface area (Å²) >= 11 is 0. The molecule has 1 unspecified atom stereocenters. The van der Waals surface area contributed by atoms with E-state index in [0.29, 0.717) is 31.7 Å². The molecular weight excluding hydrogens is 425 g/mol. The van der Waals surface area contributed by atoms with E-state index in [2.05, 4.69) is 15.5 Å². The summed E-state index contributed by atoms with van der Waals surface area (Å²) in [6.45, 7) is 1.29. The first-order chi connectivity index (χ1) is 15.3. The van der Waals surface area contributed by atoms with Crippen LogP contribution in [0.15, 0.2) is 36.4 Å². The predicted octanol–water partition coefficient (Wildman–Crippen LogP) is 3.04. The molecule has 1 aliphatic carbocycles. The van der Waals surface area contributed by atoms with Gasteiger partial charge in [0.1, 0.15) is 11.9 Å². The number of piperidine rings is 1. The Labute approximate surface area is 183 Å². The van der Waals surface area contributed by atoms with E-state index in [1.165, 1.54) is 18.2 Å². The fourth-order valence-corrected chi connectivity index (χ4v) is 3.74. The van der Waals surface area contributed by atoms with Gasteiger partial charge in [0.05, 0.1) is 11.7 Å². The second kappa shape index (κ2) is 9.32. The van der Waals surface area contributed by atoms with Crippen LogP contribution in [0.25, 0.3) is 0 Å². The monoisotopic (exact) mass is 450 g/mol. The van der Waals surface area contributed by atoms with Crippen LogP contribution in [0.1, 0.15) is 41.7 Å². The Morgan fingerprint density at radius 1 is 1.12 bits per heavy atom. The minimum absolute atomic E-state index is 0.152. The van der Waals surface area contributed by atoms with Gasteiger partial charge in [0.25, 0.3) is 5.91 Å².